The predicted molar refractivity (Wildman–Crippen MR) is 66.0 cm³/mol. The van der Waals surface area contributed by atoms with Gasteiger partial charge in [0.15, 0.2) is 0 Å². The number of hydrogen-bond donors (Lipinski definition) is 2. The Hall–Kier alpha value is -0.220. The molecule has 1 amide bonds. The second-order valence-electron chi connectivity index (χ2n) is 4.04. The van der Waals surface area contributed by atoms with Crippen LogP contribution in [0.1, 0.15) is 38.5 Å². The van der Waals surface area contributed by atoms with Crippen LogP contribution in [0.2, 0.25) is 0 Å². The van der Waals surface area contributed by atoms with Crippen LogP contribution >= 0.6 is 11.8 Å². The number of carbonyl (C=O) groups excluding carboxylic acids is 1. The third-order valence-electron chi connectivity index (χ3n) is 2.66. The van der Waals surface area contributed by atoms with Crippen molar-refractivity contribution in [3.8, 4) is 0 Å². The van der Waals surface area contributed by atoms with Gasteiger partial charge in [0.2, 0.25) is 5.91 Å². The minimum absolute atomic E-state index is 0.208. The van der Waals surface area contributed by atoms with Crippen LogP contribution in [-0.2, 0) is 4.79 Å². The molecule has 0 saturated carbocycles. The van der Waals surface area contributed by atoms with E-state index in [0.717, 1.165) is 32.4 Å². The smallest absolute Gasteiger partial charge is 0.220 e. The fourth-order valence-electron chi connectivity index (χ4n) is 1.73. The monoisotopic (exact) mass is 230 g/mol. The summed E-state index contributed by atoms with van der Waals surface area (Å²) in [6.45, 7) is 1.60. The van der Waals surface area contributed by atoms with Crippen molar-refractivity contribution in [2.45, 2.75) is 43.8 Å². The van der Waals surface area contributed by atoms with Gasteiger partial charge in [-0.1, -0.05) is 6.42 Å². The molecule has 1 saturated heterocycles. The van der Waals surface area contributed by atoms with Crippen molar-refractivity contribution in [1.29, 1.82) is 0 Å². The largest absolute Gasteiger partial charge is 0.355 e. The summed E-state index contributed by atoms with van der Waals surface area (Å²) in [4.78, 5) is 11.4. The van der Waals surface area contributed by atoms with Crippen molar-refractivity contribution in [1.82, 2.24) is 5.32 Å². The van der Waals surface area contributed by atoms with Crippen LogP contribution in [0, 0.1) is 0 Å². The Labute approximate surface area is 96.6 Å². The molecular weight excluding hydrogens is 208 g/mol. The SMILES string of the molecule is NCCCCCC(=O)NCC1CCCS1. The lowest BCUT2D eigenvalue weighted by molar-refractivity contribution is -0.121. The number of rotatable bonds is 7. The van der Waals surface area contributed by atoms with Crippen molar-refractivity contribution >= 4 is 17.7 Å². The van der Waals surface area contributed by atoms with Gasteiger partial charge in [-0.15, -0.1) is 0 Å². The van der Waals surface area contributed by atoms with Crippen molar-refractivity contribution in [2.24, 2.45) is 5.73 Å². The predicted octanol–water partition coefficient (Wildman–Crippen LogP) is 1.52. The summed E-state index contributed by atoms with van der Waals surface area (Å²) >= 11 is 1.99. The molecule has 0 aromatic heterocycles. The number of amides is 1. The second kappa shape index (κ2) is 7.99. The highest BCUT2D eigenvalue weighted by atomic mass is 32.2. The van der Waals surface area contributed by atoms with Crippen LogP contribution in [-0.4, -0.2) is 30.0 Å². The van der Waals surface area contributed by atoms with Gasteiger partial charge in [0.1, 0.15) is 0 Å². The Bertz CT molecular complexity index is 181. The fraction of sp³-hybridized carbons (Fsp3) is 0.909. The van der Waals surface area contributed by atoms with E-state index >= 15 is 0 Å². The topological polar surface area (TPSA) is 55.1 Å². The Kier molecular flexibility index (Phi) is 6.85. The Morgan fingerprint density at radius 1 is 1.40 bits per heavy atom. The van der Waals surface area contributed by atoms with Gasteiger partial charge >= 0.3 is 0 Å². The Balaban J connectivity index is 1.93. The summed E-state index contributed by atoms with van der Waals surface area (Å²) in [7, 11) is 0. The lowest BCUT2D eigenvalue weighted by Crippen LogP contribution is -2.29. The van der Waals surface area contributed by atoms with E-state index in [0.29, 0.717) is 11.7 Å². The molecular formula is C11H22N2OS. The van der Waals surface area contributed by atoms with Crippen LogP contribution in [0.4, 0.5) is 0 Å². The molecule has 88 valence electrons. The van der Waals surface area contributed by atoms with E-state index in [-0.39, 0.29) is 5.91 Å². The van der Waals surface area contributed by atoms with E-state index in [1.165, 1.54) is 18.6 Å². The van der Waals surface area contributed by atoms with E-state index in [1.807, 2.05) is 11.8 Å². The molecule has 0 aromatic carbocycles. The maximum Gasteiger partial charge on any atom is 0.220 e. The number of unbranched alkanes of at least 4 members (excludes halogenated alkanes) is 2. The number of nitrogens with two attached hydrogens (primary N) is 1. The summed E-state index contributed by atoms with van der Waals surface area (Å²) in [6, 6.07) is 0. The lowest BCUT2D eigenvalue weighted by Gasteiger charge is -2.09. The first-order chi connectivity index (χ1) is 7.33. The molecule has 15 heavy (non-hydrogen) atoms. The van der Waals surface area contributed by atoms with Gasteiger partial charge in [0.05, 0.1) is 0 Å². The molecule has 1 heterocycles. The third-order valence-corrected chi connectivity index (χ3v) is 4.06. The maximum absolute atomic E-state index is 11.4. The molecule has 1 aliphatic heterocycles. The molecule has 1 aliphatic rings. The number of nitrogens with one attached hydrogen (secondary N) is 1. The molecule has 4 heteroatoms. The zero-order valence-corrected chi connectivity index (χ0v) is 10.2. The molecule has 3 N–H and O–H groups in total. The van der Waals surface area contributed by atoms with Gasteiger partial charge in [0, 0.05) is 18.2 Å². The zero-order chi connectivity index (χ0) is 10.9. The molecule has 0 aromatic rings. The molecule has 3 nitrogen and oxygen atoms in total. The zero-order valence-electron chi connectivity index (χ0n) is 9.34. The van der Waals surface area contributed by atoms with E-state index in [9.17, 15) is 4.79 Å². The summed E-state index contributed by atoms with van der Waals surface area (Å²) in [5, 5.41) is 3.68. The quantitative estimate of drug-likeness (QED) is 0.652. The van der Waals surface area contributed by atoms with Crippen LogP contribution in [0.25, 0.3) is 0 Å². The normalized spacial score (nSPS) is 20.5. The summed E-state index contributed by atoms with van der Waals surface area (Å²) in [5.74, 6) is 1.47. The first-order valence-corrected chi connectivity index (χ1v) is 6.96. The van der Waals surface area contributed by atoms with Crippen molar-refractivity contribution in [3.05, 3.63) is 0 Å². The van der Waals surface area contributed by atoms with Crippen LogP contribution in [0.3, 0.4) is 0 Å². The molecule has 1 fully saturated rings. The fourth-order valence-corrected chi connectivity index (χ4v) is 2.93. The van der Waals surface area contributed by atoms with E-state index in [1.54, 1.807) is 0 Å². The average molecular weight is 230 g/mol. The standard InChI is InChI=1S/C11H22N2OS/c12-7-3-1-2-6-11(14)13-9-10-5-4-8-15-10/h10H,1-9,12H2,(H,13,14). The number of thioether (sulfide) groups is 1. The third kappa shape index (κ3) is 6.05. The van der Waals surface area contributed by atoms with Crippen LogP contribution in [0.15, 0.2) is 0 Å². The highest BCUT2D eigenvalue weighted by Gasteiger charge is 2.15. The molecule has 1 atom stereocenters. The molecule has 0 spiro atoms. The van der Waals surface area contributed by atoms with Crippen molar-refractivity contribution in [3.63, 3.8) is 0 Å². The summed E-state index contributed by atoms with van der Waals surface area (Å²) in [5.41, 5.74) is 5.38. The molecule has 1 rings (SSSR count). The molecule has 0 bridgehead atoms. The van der Waals surface area contributed by atoms with Gasteiger partial charge in [-0.25, -0.2) is 0 Å². The first kappa shape index (κ1) is 12.8. The molecule has 0 radical (unpaired) electrons. The van der Waals surface area contributed by atoms with Gasteiger partial charge in [-0.3, -0.25) is 4.79 Å². The minimum atomic E-state index is 0.208. The first-order valence-electron chi connectivity index (χ1n) is 5.91. The summed E-state index contributed by atoms with van der Waals surface area (Å²) < 4.78 is 0. The molecule has 0 aliphatic carbocycles. The van der Waals surface area contributed by atoms with Gasteiger partial charge in [-0.05, 0) is 38.0 Å². The van der Waals surface area contributed by atoms with Gasteiger partial charge < -0.3 is 11.1 Å². The van der Waals surface area contributed by atoms with E-state index in [4.69, 9.17) is 5.73 Å². The maximum atomic E-state index is 11.4. The number of hydrogen-bond acceptors (Lipinski definition) is 3. The Morgan fingerprint density at radius 2 is 2.27 bits per heavy atom. The summed E-state index contributed by atoms with van der Waals surface area (Å²) in [6.07, 6.45) is 6.31. The molecule has 1 unspecified atom stereocenters. The van der Waals surface area contributed by atoms with Gasteiger partial charge in [0.25, 0.3) is 0 Å². The second-order valence-corrected chi connectivity index (χ2v) is 5.45. The highest BCUT2D eigenvalue weighted by molar-refractivity contribution is 8.00. The lowest BCUT2D eigenvalue weighted by atomic mass is 10.2. The van der Waals surface area contributed by atoms with Crippen LogP contribution < -0.4 is 11.1 Å². The van der Waals surface area contributed by atoms with E-state index < -0.39 is 0 Å². The highest BCUT2D eigenvalue weighted by Crippen LogP contribution is 2.25. The van der Waals surface area contributed by atoms with Gasteiger partial charge in [-0.2, -0.15) is 11.8 Å². The average Bonchev–Trinajstić information content (AvgIpc) is 2.74. The van der Waals surface area contributed by atoms with Crippen LogP contribution in [0.5, 0.6) is 0 Å². The Morgan fingerprint density at radius 3 is 2.93 bits per heavy atom. The number of carbonyl (C=O) groups is 1. The van der Waals surface area contributed by atoms with E-state index in [2.05, 4.69) is 5.32 Å². The van der Waals surface area contributed by atoms with Crippen molar-refractivity contribution in [2.75, 3.05) is 18.8 Å². The van der Waals surface area contributed by atoms with Crippen molar-refractivity contribution < 1.29 is 4.79 Å². The minimum Gasteiger partial charge on any atom is -0.355 e.